The third-order valence-corrected chi connectivity index (χ3v) is 2.97. The van der Waals surface area contributed by atoms with Crippen LogP contribution in [-0.4, -0.2) is 9.97 Å². The Hall–Kier alpha value is -2.31. The summed E-state index contributed by atoms with van der Waals surface area (Å²) < 4.78 is 38.1. The molecule has 0 bridgehead atoms. The summed E-state index contributed by atoms with van der Waals surface area (Å²) in [6, 6.07) is 5.50. The van der Waals surface area contributed by atoms with Crippen molar-refractivity contribution in [1.82, 2.24) is 9.97 Å². The second kappa shape index (κ2) is 5.99. The van der Waals surface area contributed by atoms with Crippen molar-refractivity contribution in [2.24, 2.45) is 0 Å². The minimum absolute atomic E-state index is 0.0787. The number of nitrogens with one attached hydrogen (secondary N) is 1. The predicted octanol–water partition coefficient (Wildman–Crippen LogP) is 3.25. The van der Waals surface area contributed by atoms with E-state index in [1.54, 1.807) is 6.20 Å². The fourth-order valence-corrected chi connectivity index (χ4v) is 1.93. The number of pyridine rings is 2. The quantitative estimate of drug-likeness (QED) is 0.909. The fourth-order valence-electron chi connectivity index (χ4n) is 1.93. The number of hydrogen-bond donors (Lipinski definition) is 2. The van der Waals surface area contributed by atoms with Crippen LogP contribution in [0.2, 0.25) is 0 Å². The molecule has 112 valence electrons. The standard InChI is InChI=1S/C14H15F3N4/c1-2-9-4-3-5-19-11(9)8-20-13-7-10(14(15,16)17)6-12(18)21-13/h3-7H,2,8H2,1H3,(H3,18,20,21). The maximum atomic E-state index is 12.7. The molecular weight excluding hydrogens is 281 g/mol. The molecule has 0 radical (unpaired) electrons. The third-order valence-electron chi connectivity index (χ3n) is 2.97. The van der Waals surface area contributed by atoms with E-state index in [-0.39, 0.29) is 18.2 Å². The van der Waals surface area contributed by atoms with Crippen molar-refractivity contribution in [3.63, 3.8) is 0 Å². The predicted molar refractivity (Wildman–Crippen MR) is 74.6 cm³/mol. The van der Waals surface area contributed by atoms with Crippen LogP contribution in [0.3, 0.4) is 0 Å². The van der Waals surface area contributed by atoms with Crippen molar-refractivity contribution < 1.29 is 13.2 Å². The second-order valence-electron chi connectivity index (χ2n) is 4.48. The Morgan fingerprint density at radius 1 is 1.29 bits per heavy atom. The van der Waals surface area contributed by atoms with Gasteiger partial charge in [-0.3, -0.25) is 4.98 Å². The van der Waals surface area contributed by atoms with Crippen LogP contribution in [0.5, 0.6) is 0 Å². The lowest BCUT2D eigenvalue weighted by molar-refractivity contribution is -0.137. The molecule has 0 fully saturated rings. The van der Waals surface area contributed by atoms with Crippen LogP contribution in [-0.2, 0) is 19.1 Å². The summed E-state index contributed by atoms with van der Waals surface area (Å²) >= 11 is 0. The Bertz CT molecular complexity index is 626. The van der Waals surface area contributed by atoms with Gasteiger partial charge in [-0.25, -0.2) is 4.98 Å². The Morgan fingerprint density at radius 2 is 2.05 bits per heavy atom. The van der Waals surface area contributed by atoms with Gasteiger partial charge in [-0.2, -0.15) is 13.2 Å². The van der Waals surface area contributed by atoms with E-state index in [4.69, 9.17) is 5.73 Å². The Balaban J connectivity index is 2.19. The van der Waals surface area contributed by atoms with Crippen molar-refractivity contribution >= 4 is 11.6 Å². The first-order chi connectivity index (χ1) is 9.90. The molecule has 0 saturated heterocycles. The number of alkyl halides is 3. The first kappa shape index (κ1) is 15.1. The summed E-state index contributed by atoms with van der Waals surface area (Å²) in [5, 5.41) is 2.84. The van der Waals surface area contributed by atoms with Gasteiger partial charge < -0.3 is 11.1 Å². The maximum Gasteiger partial charge on any atom is 0.416 e. The summed E-state index contributed by atoms with van der Waals surface area (Å²) in [4.78, 5) is 8.07. The highest BCUT2D eigenvalue weighted by atomic mass is 19.4. The average Bonchev–Trinajstić information content (AvgIpc) is 2.44. The lowest BCUT2D eigenvalue weighted by Crippen LogP contribution is -2.11. The van der Waals surface area contributed by atoms with E-state index in [2.05, 4.69) is 15.3 Å². The molecule has 2 aromatic heterocycles. The normalized spacial score (nSPS) is 11.4. The third kappa shape index (κ3) is 3.84. The van der Waals surface area contributed by atoms with E-state index < -0.39 is 11.7 Å². The van der Waals surface area contributed by atoms with E-state index in [1.807, 2.05) is 19.1 Å². The van der Waals surface area contributed by atoms with Crippen LogP contribution in [0.1, 0.15) is 23.7 Å². The molecule has 0 saturated carbocycles. The van der Waals surface area contributed by atoms with Gasteiger partial charge >= 0.3 is 6.18 Å². The molecule has 2 rings (SSSR count). The fraction of sp³-hybridized carbons (Fsp3) is 0.286. The zero-order valence-corrected chi connectivity index (χ0v) is 11.4. The maximum absolute atomic E-state index is 12.7. The highest BCUT2D eigenvalue weighted by Gasteiger charge is 2.31. The number of hydrogen-bond acceptors (Lipinski definition) is 4. The topological polar surface area (TPSA) is 63.8 Å². The molecule has 0 aromatic carbocycles. The van der Waals surface area contributed by atoms with Crippen LogP contribution >= 0.6 is 0 Å². The minimum Gasteiger partial charge on any atom is -0.384 e. The van der Waals surface area contributed by atoms with Gasteiger partial charge in [0, 0.05) is 6.20 Å². The number of anilines is 2. The van der Waals surface area contributed by atoms with Gasteiger partial charge in [-0.15, -0.1) is 0 Å². The zero-order chi connectivity index (χ0) is 15.5. The SMILES string of the molecule is CCc1cccnc1CNc1cc(C(F)(F)F)cc(N)n1. The first-order valence-corrected chi connectivity index (χ1v) is 6.41. The first-order valence-electron chi connectivity index (χ1n) is 6.41. The van der Waals surface area contributed by atoms with Crippen LogP contribution < -0.4 is 11.1 Å². The molecule has 0 amide bonds. The zero-order valence-electron chi connectivity index (χ0n) is 11.4. The van der Waals surface area contributed by atoms with Crippen LogP contribution in [0, 0.1) is 0 Å². The smallest absolute Gasteiger partial charge is 0.384 e. The number of nitrogens with zero attached hydrogens (tertiary/aromatic N) is 2. The lowest BCUT2D eigenvalue weighted by Gasteiger charge is -2.12. The van der Waals surface area contributed by atoms with E-state index in [1.165, 1.54) is 0 Å². The van der Waals surface area contributed by atoms with Gasteiger partial charge in [-0.05, 0) is 30.2 Å². The molecule has 4 nitrogen and oxygen atoms in total. The summed E-state index contributed by atoms with van der Waals surface area (Å²) in [7, 11) is 0. The van der Waals surface area contributed by atoms with E-state index in [0.717, 1.165) is 29.8 Å². The van der Waals surface area contributed by atoms with Gasteiger partial charge in [0.2, 0.25) is 0 Å². The highest BCUT2D eigenvalue weighted by molar-refractivity contribution is 5.47. The van der Waals surface area contributed by atoms with Gasteiger partial charge in [0.25, 0.3) is 0 Å². The van der Waals surface area contributed by atoms with Gasteiger partial charge in [0.15, 0.2) is 0 Å². The molecule has 0 aliphatic rings. The van der Waals surface area contributed by atoms with E-state index >= 15 is 0 Å². The number of rotatable bonds is 4. The number of halogens is 3. The molecule has 0 atom stereocenters. The Morgan fingerprint density at radius 3 is 2.71 bits per heavy atom. The van der Waals surface area contributed by atoms with Crippen molar-refractivity contribution in [2.45, 2.75) is 26.1 Å². The van der Waals surface area contributed by atoms with Gasteiger partial charge in [0.05, 0.1) is 17.8 Å². The van der Waals surface area contributed by atoms with Crippen molar-refractivity contribution in [2.75, 3.05) is 11.1 Å². The second-order valence-corrected chi connectivity index (χ2v) is 4.48. The van der Waals surface area contributed by atoms with Crippen molar-refractivity contribution in [1.29, 1.82) is 0 Å². The molecular formula is C14H15F3N4. The average molecular weight is 296 g/mol. The molecule has 2 aromatic rings. The molecule has 0 aliphatic carbocycles. The molecule has 0 unspecified atom stereocenters. The Kier molecular flexibility index (Phi) is 4.30. The van der Waals surface area contributed by atoms with Crippen LogP contribution in [0.15, 0.2) is 30.5 Å². The summed E-state index contributed by atoms with van der Waals surface area (Å²) in [6.07, 6.45) is -2.01. The Labute approximate surface area is 120 Å². The van der Waals surface area contributed by atoms with Crippen LogP contribution in [0.25, 0.3) is 0 Å². The monoisotopic (exact) mass is 296 g/mol. The number of aryl methyl sites for hydroxylation is 1. The van der Waals surface area contributed by atoms with E-state index in [9.17, 15) is 13.2 Å². The van der Waals surface area contributed by atoms with Crippen molar-refractivity contribution in [3.05, 3.63) is 47.3 Å². The summed E-state index contributed by atoms with van der Waals surface area (Å²) in [5.41, 5.74) is 6.40. The molecule has 21 heavy (non-hydrogen) atoms. The van der Waals surface area contributed by atoms with Gasteiger partial charge in [-0.1, -0.05) is 13.0 Å². The molecule has 3 N–H and O–H groups in total. The molecule has 0 aliphatic heterocycles. The lowest BCUT2D eigenvalue weighted by atomic mass is 10.1. The van der Waals surface area contributed by atoms with Gasteiger partial charge in [0.1, 0.15) is 11.6 Å². The van der Waals surface area contributed by atoms with Crippen LogP contribution in [0.4, 0.5) is 24.8 Å². The largest absolute Gasteiger partial charge is 0.416 e. The van der Waals surface area contributed by atoms with Crippen molar-refractivity contribution in [3.8, 4) is 0 Å². The molecule has 2 heterocycles. The summed E-state index contributed by atoms with van der Waals surface area (Å²) in [5.74, 6) is -0.0981. The minimum atomic E-state index is -4.45. The molecule has 0 spiro atoms. The van der Waals surface area contributed by atoms with E-state index in [0.29, 0.717) is 0 Å². The summed E-state index contributed by atoms with van der Waals surface area (Å²) in [6.45, 7) is 2.28. The number of nitrogen functional groups attached to an aromatic ring is 1. The number of nitrogens with two attached hydrogens (primary N) is 1. The molecule has 7 heteroatoms. The highest BCUT2D eigenvalue weighted by Crippen LogP contribution is 2.31. The number of aromatic nitrogens is 2.